The second kappa shape index (κ2) is 5.12. The number of carbonyl (C=O) groups is 1. The average molecular weight is 263 g/mol. The minimum absolute atomic E-state index is 0.000693. The molecular weight excluding hydrogens is 248 g/mol. The molecule has 0 saturated heterocycles. The van der Waals surface area contributed by atoms with Crippen LogP contribution in [-0.4, -0.2) is 33.0 Å². The Morgan fingerprint density at radius 1 is 1.62 bits per heavy atom. The zero-order chi connectivity index (χ0) is 12.3. The van der Waals surface area contributed by atoms with Crippen LogP contribution < -0.4 is 0 Å². The van der Waals surface area contributed by atoms with E-state index in [4.69, 9.17) is 16.7 Å². The van der Waals surface area contributed by atoms with E-state index < -0.39 is 5.97 Å². The monoisotopic (exact) mass is 262 g/mol. The third-order valence-corrected chi connectivity index (χ3v) is 3.23. The van der Waals surface area contributed by atoms with E-state index in [1.165, 1.54) is 11.3 Å². The van der Waals surface area contributed by atoms with Crippen molar-refractivity contribution in [2.75, 3.05) is 6.54 Å². The van der Waals surface area contributed by atoms with Crippen molar-refractivity contribution in [3.05, 3.63) is 15.5 Å². The molecule has 0 aliphatic rings. The third kappa shape index (κ3) is 4.08. The molecular formula is C10H15ClN2O2S. The summed E-state index contributed by atoms with van der Waals surface area (Å²) < 4.78 is 0.624. The van der Waals surface area contributed by atoms with E-state index in [0.29, 0.717) is 10.9 Å². The molecule has 1 rings (SSSR count). The van der Waals surface area contributed by atoms with Crippen LogP contribution in [0.1, 0.15) is 25.8 Å². The SMILES string of the molecule is CC(C)(C)N(CC(=O)O)Cc1ncc(Cl)s1. The van der Waals surface area contributed by atoms with Crippen molar-refractivity contribution in [2.24, 2.45) is 0 Å². The molecule has 90 valence electrons. The summed E-state index contributed by atoms with van der Waals surface area (Å²) in [5, 5.41) is 9.68. The van der Waals surface area contributed by atoms with Crippen LogP contribution in [0.15, 0.2) is 6.20 Å². The lowest BCUT2D eigenvalue weighted by molar-refractivity contribution is -0.139. The molecule has 0 atom stereocenters. The number of hydrogen-bond donors (Lipinski definition) is 1. The summed E-state index contributed by atoms with van der Waals surface area (Å²) in [6.07, 6.45) is 1.59. The lowest BCUT2D eigenvalue weighted by atomic mass is 10.1. The molecule has 0 amide bonds. The van der Waals surface area contributed by atoms with Gasteiger partial charge >= 0.3 is 5.97 Å². The van der Waals surface area contributed by atoms with Crippen LogP contribution in [0.25, 0.3) is 0 Å². The van der Waals surface area contributed by atoms with Crippen LogP contribution >= 0.6 is 22.9 Å². The molecule has 1 N–H and O–H groups in total. The standard InChI is InChI=1S/C10H15ClN2O2S/c1-10(2,3)13(6-9(14)15)5-8-12-4-7(11)16-8/h4H,5-6H2,1-3H3,(H,14,15). The van der Waals surface area contributed by atoms with E-state index in [2.05, 4.69) is 4.98 Å². The van der Waals surface area contributed by atoms with E-state index in [-0.39, 0.29) is 12.1 Å². The molecule has 0 spiro atoms. The van der Waals surface area contributed by atoms with E-state index in [9.17, 15) is 4.79 Å². The summed E-state index contributed by atoms with van der Waals surface area (Å²) >= 11 is 7.16. The van der Waals surface area contributed by atoms with Gasteiger partial charge in [-0.05, 0) is 20.8 Å². The van der Waals surface area contributed by atoms with Gasteiger partial charge in [-0.1, -0.05) is 11.6 Å². The fourth-order valence-electron chi connectivity index (χ4n) is 1.22. The molecule has 0 bridgehead atoms. The Balaban J connectivity index is 2.74. The Labute approximate surface area is 104 Å². The molecule has 0 unspecified atom stereocenters. The first-order valence-electron chi connectivity index (χ1n) is 4.86. The predicted molar refractivity (Wildman–Crippen MR) is 64.9 cm³/mol. The van der Waals surface area contributed by atoms with Crippen LogP contribution in [0.5, 0.6) is 0 Å². The Morgan fingerprint density at radius 3 is 2.62 bits per heavy atom. The molecule has 1 heterocycles. The summed E-state index contributed by atoms with van der Waals surface area (Å²) in [6, 6.07) is 0. The van der Waals surface area contributed by atoms with Crippen LogP contribution in [-0.2, 0) is 11.3 Å². The molecule has 0 fully saturated rings. The predicted octanol–water partition coefficient (Wildman–Crippen LogP) is 2.48. The summed E-state index contributed by atoms with van der Waals surface area (Å²) in [4.78, 5) is 16.7. The van der Waals surface area contributed by atoms with Crippen molar-refractivity contribution in [1.82, 2.24) is 9.88 Å². The van der Waals surface area contributed by atoms with Gasteiger partial charge < -0.3 is 5.11 Å². The minimum Gasteiger partial charge on any atom is -0.480 e. The van der Waals surface area contributed by atoms with Crippen LogP contribution in [0, 0.1) is 0 Å². The highest BCUT2D eigenvalue weighted by Gasteiger charge is 2.24. The van der Waals surface area contributed by atoms with E-state index in [0.717, 1.165) is 5.01 Å². The van der Waals surface area contributed by atoms with Crippen LogP contribution in [0.2, 0.25) is 4.34 Å². The normalized spacial score (nSPS) is 12.1. The topological polar surface area (TPSA) is 53.4 Å². The number of carboxylic acids is 1. The van der Waals surface area contributed by atoms with Gasteiger partial charge in [-0.25, -0.2) is 4.98 Å². The number of hydrogen-bond acceptors (Lipinski definition) is 4. The lowest BCUT2D eigenvalue weighted by Gasteiger charge is -2.33. The number of aromatic nitrogens is 1. The quantitative estimate of drug-likeness (QED) is 0.906. The van der Waals surface area contributed by atoms with Gasteiger partial charge in [0.25, 0.3) is 0 Å². The molecule has 0 saturated carbocycles. The Hall–Kier alpha value is -0.650. The average Bonchev–Trinajstić information content (AvgIpc) is 2.47. The maximum atomic E-state index is 10.8. The zero-order valence-electron chi connectivity index (χ0n) is 9.53. The summed E-state index contributed by atoms with van der Waals surface area (Å²) in [5.74, 6) is -0.836. The smallest absolute Gasteiger partial charge is 0.317 e. The molecule has 6 heteroatoms. The number of aliphatic carboxylic acids is 1. The van der Waals surface area contributed by atoms with Gasteiger partial charge in [-0.2, -0.15) is 0 Å². The lowest BCUT2D eigenvalue weighted by Crippen LogP contribution is -2.43. The van der Waals surface area contributed by atoms with Crippen molar-refractivity contribution >= 4 is 28.9 Å². The highest BCUT2D eigenvalue weighted by atomic mass is 35.5. The summed E-state index contributed by atoms with van der Waals surface area (Å²) in [5.41, 5.74) is -0.212. The van der Waals surface area contributed by atoms with Crippen molar-refractivity contribution in [3.8, 4) is 0 Å². The van der Waals surface area contributed by atoms with Crippen molar-refractivity contribution in [2.45, 2.75) is 32.9 Å². The first-order chi connectivity index (χ1) is 7.29. The number of thiazole rings is 1. The van der Waals surface area contributed by atoms with Crippen molar-refractivity contribution < 1.29 is 9.90 Å². The summed E-state index contributed by atoms with van der Waals surface area (Å²) in [6.45, 7) is 6.44. The minimum atomic E-state index is -0.836. The number of rotatable bonds is 4. The highest BCUT2D eigenvalue weighted by Crippen LogP contribution is 2.22. The van der Waals surface area contributed by atoms with Gasteiger partial charge in [0, 0.05) is 5.54 Å². The summed E-state index contributed by atoms with van der Waals surface area (Å²) in [7, 11) is 0. The fourth-order valence-corrected chi connectivity index (χ4v) is 2.19. The van der Waals surface area contributed by atoms with Crippen molar-refractivity contribution in [1.29, 1.82) is 0 Å². The molecule has 0 aliphatic heterocycles. The first-order valence-corrected chi connectivity index (χ1v) is 6.05. The maximum Gasteiger partial charge on any atom is 0.317 e. The van der Waals surface area contributed by atoms with Gasteiger partial charge in [0.1, 0.15) is 9.34 Å². The Morgan fingerprint density at radius 2 is 2.25 bits per heavy atom. The van der Waals surface area contributed by atoms with Gasteiger partial charge in [0.05, 0.1) is 19.3 Å². The number of nitrogens with zero attached hydrogens (tertiary/aromatic N) is 2. The second-order valence-corrected chi connectivity index (χ2v) is 6.23. The molecule has 0 radical (unpaired) electrons. The van der Waals surface area contributed by atoms with Gasteiger partial charge in [-0.15, -0.1) is 11.3 Å². The van der Waals surface area contributed by atoms with Gasteiger partial charge in [-0.3, -0.25) is 9.69 Å². The first kappa shape index (κ1) is 13.4. The third-order valence-electron chi connectivity index (χ3n) is 2.13. The Bertz CT molecular complexity index is 373. The molecule has 16 heavy (non-hydrogen) atoms. The van der Waals surface area contributed by atoms with E-state index >= 15 is 0 Å². The fraction of sp³-hybridized carbons (Fsp3) is 0.600. The largest absolute Gasteiger partial charge is 0.480 e. The Kier molecular flexibility index (Phi) is 4.29. The molecule has 0 aromatic carbocycles. The number of carboxylic acid groups (broad SMARTS) is 1. The van der Waals surface area contributed by atoms with E-state index in [1.54, 1.807) is 6.20 Å². The van der Waals surface area contributed by atoms with Crippen molar-refractivity contribution in [3.63, 3.8) is 0 Å². The molecule has 0 aliphatic carbocycles. The van der Waals surface area contributed by atoms with Crippen LogP contribution in [0.3, 0.4) is 0 Å². The van der Waals surface area contributed by atoms with Gasteiger partial charge in [0.15, 0.2) is 0 Å². The van der Waals surface area contributed by atoms with E-state index in [1.807, 2.05) is 25.7 Å². The molecule has 1 aromatic rings. The molecule has 4 nitrogen and oxygen atoms in total. The van der Waals surface area contributed by atoms with Gasteiger partial charge in [0.2, 0.25) is 0 Å². The zero-order valence-corrected chi connectivity index (χ0v) is 11.1. The molecule has 1 aromatic heterocycles. The highest BCUT2D eigenvalue weighted by molar-refractivity contribution is 7.15. The van der Waals surface area contributed by atoms with Crippen LogP contribution in [0.4, 0.5) is 0 Å². The number of halogens is 1. The maximum absolute atomic E-state index is 10.8. The second-order valence-electron chi connectivity index (χ2n) is 4.48.